The fraction of sp³-hybridized carbons (Fsp3) is 0.296. The molecule has 1 aliphatic heterocycles. The number of pyridine rings is 1. The fourth-order valence-corrected chi connectivity index (χ4v) is 6.36. The average molecular weight is 514 g/mol. The van der Waals surface area contributed by atoms with Crippen LogP contribution in [0, 0.1) is 11.3 Å². The Balaban J connectivity index is 1.36. The van der Waals surface area contributed by atoms with Crippen LogP contribution in [0.1, 0.15) is 25.3 Å². The quantitative estimate of drug-likeness (QED) is 0.387. The smallest absolute Gasteiger partial charge is 0.256 e. The van der Waals surface area contributed by atoms with Gasteiger partial charge in [-0.3, -0.25) is 0 Å². The maximum absolute atomic E-state index is 12.6. The zero-order valence-corrected chi connectivity index (χ0v) is 21.3. The molecule has 0 N–H and O–H groups in total. The van der Waals surface area contributed by atoms with Gasteiger partial charge in [-0.25, -0.2) is 12.9 Å². The number of nitrogens with zero attached hydrogens (tertiary/aromatic N) is 7. The van der Waals surface area contributed by atoms with E-state index >= 15 is 0 Å². The molecule has 6 rings (SSSR count). The molecule has 10 heteroatoms. The van der Waals surface area contributed by atoms with Gasteiger partial charge in [-0.15, -0.1) is 0 Å². The lowest BCUT2D eigenvalue weighted by Crippen LogP contribution is -2.44. The van der Waals surface area contributed by atoms with Crippen LogP contribution in [0.25, 0.3) is 27.8 Å². The SMILES string of the molecule is CC=CN1CCN(c2ccc(-c3cc(-c4cnn(S(=O)(=O)C5CC5)c4)cn4ncc(C#N)c34)cc2)CC1. The number of hydrogen-bond donors (Lipinski definition) is 0. The zero-order chi connectivity index (χ0) is 25.6. The van der Waals surface area contributed by atoms with E-state index in [9.17, 15) is 13.7 Å². The van der Waals surface area contributed by atoms with Crippen LogP contribution >= 0.6 is 0 Å². The number of fused-ring (bicyclic) bond motifs is 1. The molecule has 4 aromatic rings. The van der Waals surface area contributed by atoms with Gasteiger partial charge in [0.1, 0.15) is 6.07 Å². The highest BCUT2D eigenvalue weighted by atomic mass is 32.2. The molecule has 0 radical (unpaired) electrons. The van der Waals surface area contributed by atoms with Crippen LogP contribution < -0.4 is 4.90 Å². The van der Waals surface area contributed by atoms with Crippen molar-refractivity contribution in [2.24, 2.45) is 0 Å². The van der Waals surface area contributed by atoms with Gasteiger partial charge in [0.05, 0.1) is 34.9 Å². The number of aromatic nitrogens is 4. The maximum atomic E-state index is 12.6. The second kappa shape index (κ2) is 9.09. The van der Waals surface area contributed by atoms with Gasteiger partial charge in [-0.2, -0.15) is 19.5 Å². The Morgan fingerprint density at radius 2 is 1.73 bits per heavy atom. The minimum Gasteiger partial charge on any atom is -0.374 e. The maximum Gasteiger partial charge on any atom is 0.256 e. The van der Waals surface area contributed by atoms with Crippen LogP contribution in [0.15, 0.2) is 67.4 Å². The molecule has 2 fully saturated rings. The summed E-state index contributed by atoms with van der Waals surface area (Å²) in [6, 6.07) is 12.6. The summed E-state index contributed by atoms with van der Waals surface area (Å²) in [5.41, 5.74) is 5.63. The number of piperazine rings is 1. The monoisotopic (exact) mass is 513 g/mol. The molecule has 1 aromatic carbocycles. The van der Waals surface area contributed by atoms with Crippen LogP contribution in [0.5, 0.6) is 0 Å². The molecule has 1 saturated heterocycles. The average Bonchev–Trinajstić information content (AvgIpc) is 3.52. The molecule has 0 unspecified atom stereocenters. The van der Waals surface area contributed by atoms with Crippen molar-refractivity contribution in [1.82, 2.24) is 23.7 Å². The largest absolute Gasteiger partial charge is 0.374 e. The number of hydrogen-bond acceptors (Lipinski definition) is 7. The van der Waals surface area contributed by atoms with Crippen LogP contribution in [0.3, 0.4) is 0 Å². The summed E-state index contributed by atoms with van der Waals surface area (Å²) in [6.07, 6.45) is 12.1. The first-order valence-corrected chi connectivity index (χ1v) is 13.9. The van der Waals surface area contributed by atoms with E-state index in [1.54, 1.807) is 23.1 Å². The van der Waals surface area contributed by atoms with E-state index < -0.39 is 10.0 Å². The molecular weight excluding hydrogens is 486 g/mol. The van der Waals surface area contributed by atoms with Gasteiger partial charge < -0.3 is 9.80 Å². The van der Waals surface area contributed by atoms with Crippen molar-refractivity contribution >= 4 is 21.2 Å². The van der Waals surface area contributed by atoms with E-state index in [0.717, 1.165) is 58.2 Å². The van der Waals surface area contributed by atoms with Gasteiger partial charge in [-0.1, -0.05) is 18.2 Å². The van der Waals surface area contributed by atoms with Crippen molar-refractivity contribution in [1.29, 1.82) is 5.26 Å². The van der Waals surface area contributed by atoms with Crippen LogP contribution in [-0.2, 0) is 10.0 Å². The second-order valence-corrected chi connectivity index (χ2v) is 11.6. The number of benzene rings is 1. The van der Waals surface area contributed by atoms with Crippen LogP contribution in [-0.4, -0.2) is 63.5 Å². The lowest BCUT2D eigenvalue weighted by Gasteiger charge is -2.35. The van der Waals surface area contributed by atoms with Gasteiger partial charge >= 0.3 is 0 Å². The number of allylic oxidation sites excluding steroid dienone is 1. The van der Waals surface area contributed by atoms with Crippen molar-refractivity contribution in [3.8, 4) is 28.3 Å². The molecule has 4 heterocycles. The zero-order valence-electron chi connectivity index (χ0n) is 20.5. The summed E-state index contributed by atoms with van der Waals surface area (Å²) in [7, 11) is -3.45. The van der Waals surface area contributed by atoms with Crippen molar-refractivity contribution < 1.29 is 8.42 Å². The molecular formula is C27H27N7O2S. The summed E-state index contributed by atoms with van der Waals surface area (Å²) < 4.78 is 28.0. The Kier molecular flexibility index (Phi) is 5.72. The summed E-state index contributed by atoms with van der Waals surface area (Å²) in [6.45, 7) is 5.93. The first kappa shape index (κ1) is 23.3. The number of nitriles is 1. The number of rotatable bonds is 6. The first-order chi connectivity index (χ1) is 18.0. The van der Waals surface area contributed by atoms with E-state index in [1.807, 2.05) is 19.2 Å². The highest BCUT2D eigenvalue weighted by Gasteiger charge is 2.37. The molecule has 0 spiro atoms. The van der Waals surface area contributed by atoms with Crippen molar-refractivity contribution in [3.63, 3.8) is 0 Å². The first-order valence-electron chi connectivity index (χ1n) is 12.4. The predicted molar refractivity (Wildman–Crippen MR) is 143 cm³/mol. The highest BCUT2D eigenvalue weighted by molar-refractivity contribution is 7.90. The van der Waals surface area contributed by atoms with Crippen LogP contribution in [0.2, 0.25) is 0 Å². The van der Waals surface area contributed by atoms with Gasteiger partial charge in [0.25, 0.3) is 10.0 Å². The minimum absolute atomic E-state index is 0.341. The van der Waals surface area contributed by atoms with Crippen molar-refractivity contribution in [2.45, 2.75) is 25.0 Å². The molecule has 188 valence electrons. The normalized spacial score (nSPS) is 16.5. The molecule has 0 atom stereocenters. The predicted octanol–water partition coefficient (Wildman–Crippen LogP) is 3.73. The fourth-order valence-electron chi connectivity index (χ4n) is 4.88. The third-order valence-corrected chi connectivity index (χ3v) is 9.08. The summed E-state index contributed by atoms with van der Waals surface area (Å²) >= 11 is 0. The van der Waals surface area contributed by atoms with E-state index in [0.29, 0.717) is 24.0 Å². The lowest BCUT2D eigenvalue weighted by molar-refractivity contribution is 0.349. The van der Waals surface area contributed by atoms with E-state index in [4.69, 9.17) is 0 Å². The Morgan fingerprint density at radius 1 is 0.973 bits per heavy atom. The third-order valence-electron chi connectivity index (χ3n) is 7.05. The lowest BCUT2D eigenvalue weighted by atomic mass is 9.99. The molecule has 3 aromatic heterocycles. The van der Waals surface area contributed by atoms with E-state index in [1.165, 1.54) is 0 Å². The molecule has 0 bridgehead atoms. The minimum atomic E-state index is -3.45. The topological polar surface area (TPSA) is 99.5 Å². The van der Waals surface area contributed by atoms with Crippen molar-refractivity contribution in [3.05, 3.63) is 73.0 Å². The van der Waals surface area contributed by atoms with Crippen LogP contribution in [0.4, 0.5) is 5.69 Å². The summed E-state index contributed by atoms with van der Waals surface area (Å²) in [5.74, 6) is 0. The molecule has 9 nitrogen and oxygen atoms in total. The van der Waals surface area contributed by atoms with Gasteiger partial charge in [-0.05, 0) is 49.7 Å². The molecule has 1 aliphatic carbocycles. The molecule has 37 heavy (non-hydrogen) atoms. The Morgan fingerprint density at radius 3 is 2.41 bits per heavy atom. The Labute approximate surface area is 215 Å². The van der Waals surface area contributed by atoms with E-state index in [-0.39, 0.29) is 5.25 Å². The highest BCUT2D eigenvalue weighted by Crippen LogP contribution is 2.34. The van der Waals surface area contributed by atoms with Gasteiger partial charge in [0.2, 0.25) is 0 Å². The molecule has 0 amide bonds. The van der Waals surface area contributed by atoms with E-state index in [2.05, 4.69) is 62.6 Å². The third kappa shape index (κ3) is 4.25. The Hall–Kier alpha value is -4.10. The second-order valence-electron chi connectivity index (χ2n) is 9.50. The standard InChI is InChI=1S/C27H27N7O2S/c1-2-9-31-10-12-32(13-11-31)24-5-3-20(4-6-24)26-14-21(18-33-27(26)22(15-28)16-29-33)23-17-30-34(19-23)37(35,36)25-7-8-25/h2-6,9,14,16-19,25H,7-8,10-13H2,1H3. The van der Waals surface area contributed by atoms with Crippen molar-refractivity contribution in [2.75, 3.05) is 31.1 Å². The molecule has 1 saturated carbocycles. The molecule has 2 aliphatic rings. The van der Waals surface area contributed by atoms with Gasteiger partial charge in [0.15, 0.2) is 0 Å². The Bertz CT molecular complexity index is 1630. The summed E-state index contributed by atoms with van der Waals surface area (Å²) in [4.78, 5) is 4.71. The number of anilines is 1. The van der Waals surface area contributed by atoms with Gasteiger partial charge in [0, 0.05) is 54.8 Å². The summed E-state index contributed by atoms with van der Waals surface area (Å²) in [5, 5.41) is 17.9.